The molecule has 0 saturated carbocycles. The lowest BCUT2D eigenvalue weighted by atomic mass is 9.94. The molecule has 170 valence electrons. The molecule has 5 rings (SSSR count). The Labute approximate surface area is 194 Å². The summed E-state index contributed by atoms with van der Waals surface area (Å²) in [5.74, 6) is -0.278. The second kappa shape index (κ2) is 8.55. The third-order valence-corrected chi connectivity index (χ3v) is 5.72. The van der Waals surface area contributed by atoms with Crippen molar-refractivity contribution in [2.75, 3.05) is 4.90 Å². The van der Waals surface area contributed by atoms with Crippen LogP contribution >= 0.6 is 0 Å². The summed E-state index contributed by atoms with van der Waals surface area (Å²) in [4.78, 5) is 19.1. The molecule has 0 bridgehead atoms. The number of halogens is 2. The molecule has 1 aliphatic heterocycles. The predicted molar refractivity (Wildman–Crippen MR) is 124 cm³/mol. The second-order valence-electron chi connectivity index (χ2n) is 8.04. The van der Waals surface area contributed by atoms with E-state index in [-0.39, 0.29) is 5.89 Å². The number of hydrogen-bond donors (Lipinski definition) is 1. The number of nitrogens with zero attached hydrogens (tertiary/aromatic N) is 3. The molecule has 0 aliphatic carbocycles. The van der Waals surface area contributed by atoms with Gasteiger partial charge in [-0.2, -0.15) is 4.98 Å². The molecule has 34 heavy (non-hydrogen) atoms. The van der Waals surface area contributed by atoms with E-state index in [9.17, 15) is 13.6 Å². The van der Waals surface area contributed by atoms with E-state index in [1.165, 1.54) is 35.2 Å². The molecular formula is C26H20F2N4O2. The number of urea groups is 1. The van der Waals surface area contributed by atoms with Gasteiger partial charge in [-0.05, 0) is 49.7 Å². The van der Waals surface area contributed by atoms with Gasteiger partial charge in [0.15, 0.2) is 0 Å². The molecule has 3 aromatic carbocycles. The van der Waals surface area contributed by atoms with Crippen molar-refractivity contribution in [3.8, 4) is 11.4 Å². The van der Waals surface area contributed by atoms with Gasteiger partial charge in [0.1, 0.15) is 11.6 Å². The summed E-state index contributed by atoms with van der Waals surface area (Å²) in [6, 6.07) is 18.1. The van der Waals surface area contributed by atoms with Crippen molar-refractivity contribution in [2.24, 2.45) is 0 Å². The van der Waals surface area contributed by atoms with Gasteiger partial charge in [0.2, 0.25) is 5.82 Å². The Hall–Kier alpha value is -4.33. The minimum atomic E-state index is -0.677. The van der Waals surface area contributed by atoms with Crippen LogP contribution in [0.25, 0.3) is 17.0 Å². The van der Waals surface area contributed by atoms with Crippen LogP contribution < -0.4 is 10.2 Å². The minimum Gasteiger partial charge on any atom is -0.334 e. The average molecular weight is 458 g/mol. The van der Waals surface area contributed by atoms with Crippen LogP contribution in [0.3, 0.4) is 0 Å². The first kappa shape index (κ1) is 21.5. The number of amides is 2. The molecule has 0 spiro atoms. The highest BCUT2D eigenvalue weighted by Gasteiger charge is 2.36. The van der Waals surface area contributed by atoms with Crippen LogP contribution in [0.15, 0.2) is 83.0 Å². The number of hydrogen-bond acceptors (Lipinski definition) is 4. The van der Waals surface area contributed by atoms with Crippen molar-refractivity contribution in [1.82, 2.24) is 15.5 Å². The first-order valence-electron chi connectivity index (χ1n) is 10.6. The molecule has 2 heterocycles. The number of carbonyl (C=O) groups excluding carboxylic acids is 1. The lowest BCUT2D eigenvalue weighted by Crippen LogP contribution is -2.46. The zero-order valence-electron chi connectivity index (χ0n) is 18.4. The van der Waals surface area contributed by atoms with Gasteiger partial charge >= 0.3 is 6.03 Å². The van der Waals surface area contributed by atoms with E-state index < -0.39 is 23.7 Å². The van der Waals surface area contributed by atoms with Crippen molar-refractivity contribution in [3.05, 3.63) is 107 Å². The van der Waals surface area contributed by atoms with E-state index in [1.807, 2.05) is 31.2 Å². The molecule has 6 nitrogen and oxygen atoms in total. The number of aromatic nitrogens is 2. The third-order valence-electron chi connectivity index (χ3n) is 5.72. The molecule has 0 radical (unpaired) electrons. The summed E-state index contributed by atoms with van der Waals surface area (Å²) >= 11 is 0. The molecule has 2 amide bonds. The fourth-order valence-electron chi connectivity index (χ4n) is 4.00. The molecule has 1 unspecified atom stereocenters. The summed E-state index contributed by atoms with van der Waals surface area (Å²) in [6.45, 7) is 3.71. The maximum absolute atomic E-state index is 13.9. The van der Waals surface area contributed by atoms with E-state index in [4.69, 9.17) is 4.52 Å². The normalized spacial score (nSPS) is 16.1. The van der Waals surface area contributed by atoms with E-state index >= 15 is 0 Å². The molecule has 1 N–H and O–H groups in total. The van der Waals surface area contributed by atoms with Gasteiger partial charge in [-0.3, -0.25) is 4.90 Å². The monoisotopic (exact) mass is 458 g/mol. The van der Waals surface area contributed by atoms with Gasteiger partial charge in [-0.15, -0.1) is 0 Å². The Bertz CT molecular complexity index is 1400. The molecule has 0 fully saturated rings. The number of benzene rings is 3. The number of aryl methyl sites for hydroxylation is 1. The quantitative estimate of drug-likeness (QED) is 0.406. The van der Waals surface area contributed by atoms with Crippen molar-refractivity contribution >= 4 is 17.3 Å². The molecule has 4 aromatic rings. The smallest absolute Gasteiger partial charge is 0.327 e. The van der Waals surface area contributed by atoms with Gasteiger partial charge < -0.3 is 9.84 Å². The number of carbonyl (C=O) groups is 1. The Morgan fingerprint density at radius 2 is 1.68 bits per heavy atom. The third kappa shape index (κ3) is 3.94. The summed E-state index contributed by atoms with van der Waals surface area (Å²) in [5.41, 5.74) is 3.88. The molecule has 1 aliphatic rings. The Kier molecular flexibility index (Phi) is 5.41. The summed E-state index contributed by atoms with van der Waals surface area (Å²) in [5, 5.41) is 7.04. The molecular weight excluding hydrogens is 438 g/mol. The van der Waals surface area contributed by atoms with Crippen LogP contribution in [0, 0.1) is 18.6 Å². The topological polar surface area (TPSA) is 71.3 Å². The van der Waals surface area contributed by atoms with Crippen LogP contribution in [0.4, 0.5) is 19.3 Å². The van der Waals surface area contributed by atoms with Crippen molar-refractivity contribution < 1.29 is 18.1 Å². The number of rotatable bonds is 4. The summed E-state index contributed by atoms with van der Waals surface area (Å²) in [6.07, 6.45) is 0. The number of anilines is 1. The van der Waals surface area contributed by atoms with E-state index in [0.29, 0.717) is 28.3 Å². The maximum atomic E-state index is 13.9. The fourth-order valence-corrected chi connectivity index (χ4v) is 4.00. The lowest BCUT2D eigenvalue weighted by Gasteiger charge is -2.35. The first-order valence-corrected chi connectivity index (χ1v) is 10.6. The average Bonchev–Trinajstić information content (AvgIpc) is 3.29. The van der Waals surface area contributed by atoms with Crippen LogP contribution in [-0.4, -0.2) is 16.2 Å². The Morgan fingerprint density at radius 1 is 0.941 bits per heavy atom. The van der Waals surface area contributed by atoms with Crippen LogP contribution in [0.5, 0.6) is 0 Å². The van der Waals surface area contributed by atoms with Gasteiger partial charge in [0.25, 0.3) is 5.89 Å². The second-order valence-corrected chi connectivity index (χ2v) is 8.04. The van der Waals surface area contributed by atoms with E-state index in [0.717, 1.165) is 11.1 Å². The van der Waals surface area contributed by atoms with Gasteiger partial charge in [-0.25, -0.2) is 13.6 Å². The Morgan fingerprint density at radius 3 is 2.38 bits per heavy atom. The van der Waals surface area contributed by atoms with Crippen LogP contribution in [-0.2, 0) is 0 Å². The van der Waals surface area contributed by atoms with E-state index in [2.05, 4.69) is 15.5 Å². The maximum Gasteiger partial charge on any atom is 0.327 e. The zero-order chi connectivity index (χ0) is 23.8. The first-order chi connectivity index (χ1) is 16.4. The molecule has 1 aromatic heterocycles. The largest absolute Gasteiger partial charge is 0.334 e. The van der Waals surface area contributed by atoms with Crippen LogP contribution in [0.1, 0.15) is 30.0 Å². The SMILES string of the molecule is CC1=C(c2nc(-c3ccc(C)cc3)no2)C(c2ccc(F)cc2)NC(=O)N1c1cccc(F)c1. The highest BCUT2D eigenvalue weighted by atomic mass is 19.1. The van der Waals surface area contributed by atoms with Gasteiger partial charge in [-0.1, -0.05) is 53.2 Å². The van der Waals surface area contributed by atoms with E-state index in [1.54, 1.807) is 25.1 Å². The molecule has 8 heteroatoms. The standard InChI is InChI=1S/C26H20F2N4O2/c1-15-6-8-18(9-7-15)24-30-25(34-31-24)22-16(2)32(21-5-3-4-20(28)14-21)26(33)29-23(22)17-10-12-19(27)13-11-17/h3-14,23H,1-2H3,(H,29,33). The zero-order valence-corrected chi connectivity index (χ0v) is 18.4. The van der Waals surface area contributed by atoms with Crippen molar-refractivity contribution in [3.63, 3.8) is 0 Å². The summed E-state index contributed by atoms with van der Waals surface area (Å²) < 4.78 is 33.2. The van der Waals surface area contributed by atoms with Gasteiger partial charge in [0, 0.05) is 11.3 Å². The molecule has 1 atom stereocenters. The van der Waals surface area contributed by atoms with Crippen molar-refractivity contribution in [1.29, 1.82) is 0 Å². The minimum absolute atomic E-state index is 0.198. The van der Waals surface area contributed by atoms with Crippen LogP contribution in [0.2, 0.25) is 0 Å². The number of allylic oxidation sites excluding steroid dienone is 1. The highest BCUT2D eigenvalue weighted by molar-refractivity contribution is 6.01. The van der Waals surface area contributed by atoms with Crippen molar-refractivity contribution in [2.45, 2.75) is 19.9 Å². The Balaban J connectivity index is 1.65. The van der Waals surface area contributed by atoms with Gasteiger partial charge in [0.05, 0.1) is 17.3 Å². The lowest BCUT2D eigenvalue weighted by molar-refractivity contribution is 0.244. The molecule has 0 saturated heterocycles. The highest BCUT2D eigenvalue weighted by Crippen LogP contribution is 2.39. The number of nitrogens with one attached hydrogen (secondary N) is 1. The fraction of sp³-hybridized carbons (Fsp3) is 0.115. The summed E-state index contributed by atoms with van der Waals surface area (Å²) in [7, 11) is 0. The predicted octanol–water partition coefficient (Wildman–Crippen LogP) is 6.03.